The largest absolute Gasteiger partial charge is 0.486 e. The van der Waals surface area contributed by atoms with E-state index in [1.54, 1.807) is 0 Å². The van der Waals surface area contributed by atoms with Crippen LogP contribution in [0.1, 0.15) is 5.69 Å². The van der Waals surface area contributed by atoms with E-state index < -0.39 is 0 Å². The summed E-state index contributed by atoms with van der Waals surface area (Å²) in [5.41, 5.74) is 4.70. The van der Waals surface area contributed by atoms with Crippen LogP contribution < -0.4 is 15.0 Å². The van der Waals surface area contributed by atoms with Gasteiger partial charge in [0.05, 0.1) is 5.69 Å². The van der Waals surface area contributed by atoms with Crippen molar-refractivity contribution in [3.8, 4) is 33.9 Å². The first-order valence-electron chi connectivity index (χ1n) is 8.78. The van der Waals surface area contributed by atoms with Gasteiger partial charge in [-0.25, -0.2) is 9.50 Å². The number of hydrogen-bond donors (Lipinski definition) is 1. The van der Waals surface area contributed by atoms with Gasteiger partial charge in [0.2, 0.25) is 0 Å². The van der Waals surface area contributed by atoms with Crippen molar-refractivity contribution in [3.05, 3.63) is 70.6 Å². The van der Waals surface area contributed by atoms with E-state index in [-0.39, 0.29) is 5.56 Å². The summed E-state index contributed by atoms with van der Waals surface area (Å²) in [7, 11) is 0. The molecule has 2 aromatic carbocycles. The molecule has 0 unspecified atom stereocenters. The molecule has 2 aromatic heterocycles. The average Bonchev–Trinajstić information content (AvgIpc) is 3.05. The van der Waals surface area contributed by atoms with Crippen molar-refractivity contribution < 1.29 is 9.47 Å². The van der Waals surface area contributed by atoms with Crippen molar-refractivity contribution in [1.29, 1.82) is 0 Å². The van der Waals surface area contributed by atoms with Crippen LogP contribution in [-0.2, 0) is 0 Å². The van der Waals surface area contributed by atoms with E-state index in [2.05, 4.69) is 5.10 Å². The summed E-state index contributed by atoms with van der Waals surface area (Å²) in [6, 6.07) is 17.1. The molecule has 0 saturated heterocycles. The number of aryl methyl sites for hydroxylation is 1. The summed E-state index contributed by atoms with van der Waals surface area (Å²) in [6.07, 6.45) is 0. The lowest BCUT2D eigenvalue weighted by molar-refractivity contribution is 0.171. The van der Waals surface area contributed by atoms with Gasteiger partial charge in [-0.3, -0.25) is 9.89 Å². The molecular weight excluding hydrogens is 342 g/mol. The Bertz CT molecular complexity index is 1210. The molecule has 0 bridgehead atoms. The third-order valence-electron chi connectivity index (χ3n) is 4.70. The number of fused-ring (bicyclic) bond motifs is 2. The predicted octanol–water partition coefficient (Wildman–Crippen LogP) is 3.44. The van der Waals surface area contributed by atoms with Crippen LogP contribution in [-0.4, -0.2) is 27.8 Å². The maximum Gasteiger partial charge on any atom is 0.273 e. The van der Waals surface area contributed by atoms with Gasteiger partial charge in [0, 0.05) is 22.9 Å². The lowest BCUT2D eigenvalue weighted by atomic mass is 10.1. The maximum atomic E-state index is 12.7. The summed E-state index contributed by atoms with van der Waals surface area (Å²) in [4.78, 5) is 17.5. The summed E-state index contributed by atoms with van der Waals surface area (Å²) in [5, 5.41) is 3.12. The predicted molar refractivity (Wildman–Crippen MR) is 102 cm³/mol. The van der Waals surface area contributed by atoms with Gasteiger partial charge < -0.3 is 9.47 Å². The van der Waals surface area contributed by atoms with Crippen LogP contribution in [0.15, 0.2) is 59.4 Å². The molecule has 0 aliphatic carbocycles. The molecule has 0 fully saturated rings. The molecule has 4 aromatic rings. The van der Waals surface area contributed by atoms with E-state index in [0.29, 0.717) is 36.1 Å². The quantitative estimate of drug-likeness (QED) is 0.595. The minimum Gasteiger partial charge on any atom is -0.486 e. The highest BCUT2D eigenvalue weighted by Gasteiger charge is 2.17. The zero-order valence-corrected chi connectivity index (χ0v) is 14.7. The fourth-order valence-electron chi connectivity index (χ4n) is 3.45. The highest BCUT2D eigenvalue weighted by molar-refractivity contribution is 5.81. The number of nitrogens with one attached hydrogen (secondary N) is 1. The summed E-state index contributed by atoms with van der Waals surface area (Å²) in [5.74, 6) is 1.39. The van der Waals surface area contributed by atoms with Gasteiger partial charge in [-0.15, -0.1) is 0 Å². The summed E-state index contributed by atoms with van der Waals surface area (Å²) >= 11 is 0. The maximum absolute atomic E-state index is 12.7. The molecule has 0 spiro atoms. The molecule has 1 aliphatic rings. The van der Waals surface area contributed by atoms with Gasteiger partial charge >= 0.3 is 0 Å². The molecule has 134 valence electrons. The van der Waals surface area contributed by atoms with Crippen molar-refractivity contribution in [2.75, 3.05) is 13.2 Å². The van der Waals surface area contributed by atoms with Crippen molar-refractivity contribution in [1.82, 2.24) is 14.6 Å². The molecule has 6 heteroatoms. The van der Waals surface area contributed by atoms with E-state index in [0.717, 1.165) is 22.4 Å². The Balaban J connectivity index is 1.72. The van der Waals surface area contributed by atoms with Crippen LogP contribution in [0, 0.1) is 6.92 Å². The highest BCUT2D eigenvalue weighted by Crippen LogP contribution is 2.34. The average molecular weight is 359 g/mol. The van der Waals surface area contributed by atoms with Gasteiger partial charge in [0.15, 0.2) is 17.1 Å². The Morgan fingerprint density at radius 2 is 1.74 bits per heavy atom. The second-order valence-electron chi connectivity index (χ2n) is 6.47. The molecular formula is C21H17N3O3. The summed E-state index contributed by atoms with van der Waals surface area (Å²) in [6.45, 7) is 3.00. The Labute approximate surface area is 155 Å². The van der Waals surface area contributed by atoms with Gasteiger partial charge in [-0.1, -0.05) is 30.3 Å². The zero-order valence-electron chi connectivity index (χ0n) is 14.7. The lowest BCUT2D eigenvalue weighted by Crippen LogP contribution is -2.16. The van der Waals surface area contributed by atoms with Crippen molar-refractivity contribution in [2.45, 2.75) is 6.92 Å². The van der Waals surface area contributed by atoms with Crippen LogP contribution in [0.4, 0.5) is 0 Å². The number of aromatic nitrogens is 3. The second-order valence-corrected chi connectivity index (χ2v) is 6.47. The van der Waals surface area contributed by atoms with E-state index in [4.69, 9.17) is 14.5 Å². The Morgan fingerprint density at radius 1 is 0.963 bits per heavy atom. The minimum absolute atomic E-state index is 0.157. The van der Waals surface area contributed by atoms with Gasteiger partial charge in [-0.05, 0) is 30.7 Å². The van der Waals surface area contributed by atoms with E-state index in [9.17, 15) is 4.79 Å². The fourth-order valence-corrected chi connectivity index (χ4v) is 3.45. The number of hydrogen-bond acceptors (Lipinski definition) is 4. The smallest absolute Gasteiger partial charge is 0.273 e. The number of aromatic amines is 1. The second kappa shape index (κ2) is 6.02. The zero-order chi connectivity index (χ0) is 18.4. The van der Waals surface area contributed by atoms with E-state index in [1.807, 2.05) is 55.5 Å². The summed E-state index contributed by atoms with van der Waals surface area (Å²) < 4.78 is 12.7. The molecule has 0 saturated carbocycles. The van der Waals surface area contributed by atoms with Crippen LogP contribution in [0.25, 0.3) is 28.0 Å². The minimum atomic E-state index is -0.157. The fraction of sp³-hybridized carbons (Fsp3) is 0.143. The molecule has 0 amide bonds. The number of ether oxygens (including phenoxy) is 2. The SMILES string of the molecule is Cc1[nH]n2c(=O)cc(-c3ccc4c(c3)OCCO4)nc2c1-c1ccccc1. The Hall–Kier alpha value is -3.54. The normalized spacial score (nSPS) is 13.1. The van der Waals surface area contributed by atoms with Crippen molar-refractivity contribution >= 4 is 5.65 Å². The first-order chi connectivity index (χ1) is 13.2. The molecule has 1 aliphatic heterocycles. The molecule has 27 heavy (non-hydrogen) atoms. The molecule has 0 atom stereocenters. The van der Waals surface area contributed by atoms with Crippen LogP contribution in [0.2, 0.25) is 0 Å². The Morgan fingerprint density at radius 3 is 2.56 bits per heavy atom. The van der Waals surface area contributed by atoms with Crippen LogP contribution >= 0.6 is 0 Å². The van der Waals surface area contributed by atoms with Gasteiger partial charge in [0.1, 0.15) is 13.2 Å². The first kappa shape index (κ1) is 15.7. The van der Waals surface area contributed by atoms with Crippen LogP contribution in [0.3, 0.4) is 0 Å². The molecule has 6 nitrogen and oxygen atoms in total. The third-order valence-corrected chi connectivity index (χ3v) is 4.70. The lowest BCUT2D eigenvalue weighted by Gasteiger charge is -2.18. The first-order valence-corrected chi connectivity index (χ1v) is 8.78. The van der Waals surface area contributed by atoms with Gasteiger partial charge in [-0.2, -0.15) is 0 Å². The number of rotatable bonds is 2. The number of H-pyrrole nitrogens is 1. The standard InChI is InChI=1S/C21H17N3O3/c1-13-20(14-5-3-2-4-6-14)21-22-16(12-19(25)24(21)23-13)15-7-8-17-18(11-15)27-10-9-26-17/h2-8,11-12,23H,9-10H2,1H3. The third kappa shape index (κ3) is 2.57. The van der Waals surface area contributed by atoms with Crippen molar-refractivity contribution in [2.24, 2.45) is 0 Å². The van der Waals surface area contributed by atoms with Gasteiger partial charge in [0.25, 0.3) is 5.56 Å². The molecule has 1 N–H and O–H groups in total. The molecule has 5 rings (SSSR count). The van der Waals surface area contributed by atoms with Crippen molar-refractivity contribution in [3.63, 3.8) is 0 Å². The van der Waals surface area contributed by atoms with E-state index in [1.165, 1.54) is 10.6 Å². The number of benzene rings is 2. The topological polar surface area (TPSA) is 68.6 Å². The molecule has 3 heterocycles. The highest BCUT2D eigenvalue weighted by atomic mass is 16.6. The monoisotopic (exact) mass is 359 g/mol. The van der Waals surface area contributed by atoms with Crippen LogP contribution in [0.5, 0.6) is 11.5 Å². The van der Waals surface area contributed by atoms with E-state index >= 15 is 0 Å². The Kier molecular flexibility index (Phi) is 3.50. The number of nitrogens with zero attached hydrogens (tertiary/aromatic N) is 2. The molecule has 0 radical (unpaired) electrons.